The molecule has 0 radical (unpaired) electrons. The summed E-state index contributed by atoms with van der Waals surface area (Å²) >= 11 is 0. The summed E-state index contributed by atoms with van der Waals surface area (Å²) < 4.78 is 16.2. The van der Waals surface area contributed by atoms with Crippen LogP contribution in [-0.2, 0) is 9.53 Å². The Hall–Kier alpha value is -2.08. The average Bonchev–Trinajstić information content (AvgIpc) is 2.59. The second kappa shape index (κ2) is 7.00. The highest BCUT2D eigenvalue weighted by atomic mass is 16.6. The minimum atomic E-state index is -0.0590. The number of ether oxygens (including phenoxy) is 3. The third kappa shape index (κ3) is 3.64. The zero-order chi connectivity index (χ0) is 16.2. The molecule has 0 bridgehead atoms. The quantitative estimate of drug-likeness (QED) is 0.790. The van der Waals surface area contributed by atoms with Crippen LogP contribution in [0.5, 0.6) is 11.5 Å². The SMILES string of the molecule is CC1COCCN1C(=O)CCC(=O)c1ccc2c(c1)OCCO2. The van der Waals surface area contributed by atoms with Gasteiger partial charge in [0, 0.05) is 24.9 Å². The second-order valence-corrected chi connectivity index (χ2v) is 5.79. The predicted octanol–water partition coefficient (Wildman–Crippen LogP) is 1.67. The molecule has 1 unspecified atom stereocenters. The van der Waals surface area contributed by atoms with Crippen molar-refractivity contribution in [1.82, 2.24) is 4.90 Å². The van der Waals surface area contributed by atoms with Crippen LogP contribution in [0.2, 0.25) is 0 Å². The fourth-order valence-corrected chi connectivity index (χ4v) is 2.82. The molecule has 6 nitrogen and oxygen atoms in total. The maximum absolute atomic E-state index is 12.3. The van der Waals surface area contributed by atoms with Crippen molar-refractivity contribution < 1.29 is 23.8 Å². The minimum Gasteiger partial charge on any atom is -0.486 e. The van der Waals surface area contributed by atoms with Crippen LogP contribution in [0.4, 0.5) is 0 Å². The number of benzene rings is 1. The summed E-state index contributed by atoms with van der Waals surface area (Å²) in [5, 5.41) is 0. The highest BCUT2D eigenvalue weighted by molar-refractivity contribution is 5.98. The number of hydrogen-bond donors (Lipinski definition) is 0. The van der Waals surface area contributed by atoms with E-state index in [1.165, 1.54) is 0 Å². The Balaban J connectivity index is 1.57. The van der Waals surface area contributed by atoms with Crippen molar-refractivity contribution in [3.63, 3.8) is 0 Å². The van der Waals surface area contributed by atoms with Gasteiger partial charge in [-0.15, -0.1) is 0 Å². The summed E-state index contributed by atoms with van der Waals surface area (Å²) in [7, 11) is 0. The standard InChI is InChI=1S/C17H21NO5/c1-12-11-21-7-6-18(12)17(20)5-3-14(19)13-2-4-15-16(10-13)23-9-8-22-15/h2,4,10,12H,3,5-9,11H2,1H3. The molecule has 1 aromatic rings. The van der Waals surface area contributed by atoms with Gasteiger partial charge in [-0.2, -0.15) is 0 Å². The maximum atomic E-state index is 12.3. The van der Waals surface area contributed by atoms with E-state index in [0.717, 1.165) is 0 Å². The van der Waals surface area contributed by atoms with Crippen LogP contribution < -0.4 is 9.47 Å². The molecule has 0 spiro atoms. The van der Waals surface area contributed by atoms with E-state index in [2.05, 4.69) is 0 Å². The molecular formula is C17H21NO5. The lowest BCUT2D eigenvalue weighted by Gasteiger charge is -2.33. The van der Waals surface area contributed by atoms with Crippen LogP contribution in [0.1, 0.15) is 30.1 Å². The summed E-state index contributed by atoms with van der Waals surface area (Å²) in [5.41, 5.74) is 0.553. The van der Waals surface area contributed by atoms with Gasteiger partial charge in [0.1, 0.15) is 13.2 Å². The lowest BCUT2D eigenvalue weighted by atomic mass is 10.0. The summed E-state index contributed by atoms with van der Waals surface area (Å²) in [4.78, 5) is 26.4. The lowest BCUT2D eigenvalue weighted by Crippen LogP contribution is -2.47. The molecule has 1 atom stereocenters. The molecule has 0 aliphatic carbocycles. The number of morpholine rings is 1. The highest BCUT2D eigenvalue weighted by Crippen LogP contribution is 2.31. The zero-order valence-corrected chi connectivity index (χ0v) is 13.2. The summed E-state index contributed by atoms with van der Waals surface area (Å²) in [6, 6.07) is 5.23. The van der Waals surface area contributed by atoms with Gasteiger partial charge in [0.05, 0.1) is 19.3 Å². The molecule has 6 heteroatoms. The summed E-state index contributed by atoms with van der Waals surface area (Å²) in [6.45, 7) is 4.68. The van der Waals surface area contributed by atoms with Gasteiger partial charge in [0.25, 0.3) is 0 Å². The van der Waals surface area contributed by atoms with E-state index < -0.39 is 0 Å². The van der Waals surface area contributed by atoms with Gasteiger partial charge in [-0.05, 0) is 25.1 Å². The molecule has 0 N–H and O–H groups in total. The number of ketones is 1. The number of Topliss-reactive ketones (excluding diaryl/α,β-unsaturated/α-hetero) is 1. The molecule has 23 heavy (non-hydrogen) atoms. The van der Waals surface area contributed by atoms with Crippen molar-refractivity contribution >= 4 is 11.7 Å². The molecule has 1 fully saturated rings. The van der Waals surface area contributed by atoms with Gasteiger partial charge in [-0.25, -0.2) is 0 Å². The van der Waals surface area contributed by atoms with Crippen molar-refractivity contribution in [3.8, 4) is 11.5 Å². The summed E-state index contributed by atoms with van der Waals surface area (Å²) in [5.74, 6) is 1.20. The van der Waals surface area contributed by atoms with Crippen LogP contribution in [0.15, 0.2) is 18.2 Å². The third-order valence-electron chi connectivity index (χ3n) is 4.12. The van der Waals surface area contributed by atoms with Crippen LogP contribution in [-0.4, -0.2) is 55.6 Å². The monoisotopic (exact) mass is 319 g/mol. The van der Waals surface area contributed by atoms with Crippen LogP contribution >= 0.6 is 0 Å². The van der Waals surface area contributed by atoms with Crippen molar-refractivity contribution in [2.24, 2.45) is 0 Å². The van der Waals surface area contributed by atoms with Gasteiger partial charge in [0.15, 0.2) is 17.3 Å². The van der Waals surface area contributed by atoms with Gasteiger partial charge in [-0.1, -0.05) is 0 Å². The van der Waals surface area contributed by atoms with E-state index in [0.29, 0.717) is 50.0 Å². The molecule has 1 aromatic carbocycles. The number of fused-ring (bicyclic) bond motifs is 1. The van der Waals surface area contributed by atoms with Crippen molar-refractivity contribution in [3.05, 3.63) is 23.8 Å². The Labute approximate surface area is 135 Å². The molecular weight excluding hydrogens is 298 g/mol. The van der Waals surface area contributed by atoms with Gasteiger partial charge in [0.2, 0.25) is 5.91 Å². The van der Waals surface area contributed by atoms with E-state index in [1.807, 2.05) is 6.92 Å². The fourth-order valence-electron chi connectivity index (χ4n) is 2.82. The number of carbonyl (C=O) groups excluding carboxylic acids is 2. The predicted molar refractivity (Wildman–Crippen MR) is 83.0 cm³/mol. The van der Waals surface area contributed by atoms with Crippen molar-refractivity contribution in [1.29, 1.82) is 0 Å². The first kappa shape index (κ1) is 15.8. The van der Waals surface area contributed by atoms with Crippen LogP contribution in [0.3, 0.4) is 0 Å². The third-order valence-corrected chi connectivity index (χ3v) is 4.12. The largest absolute Gasteiger partial charge is 0.486 e. The first-order valence-corrected chi connectivity index (χ1v) is 7.95. The Kier molecular flexibility index (Phi) is 4.81. The first-order chi connectivity index (χ1) is 11.1. The summed E-state index contributed by atoms with van der Waals surface area (Å²) in [6.07, 6.45) is 0.417. The Morgan fingerprint density at radius 3 is 2.70 bits per heavy atom. The number of carbonyl (C=O) groups is 2. The second-order valence-electron chi connectivity index (χ2n) is 5.79. The molecule has 1 saturated heterocycles. The van der Waals surface area contributed by atoms with E-state index in [-0.39, 0.29) is 30.6 Å². The lowest BCUT2D eigenvalue weighted by molar-refractivity contribution is -0.139. The maximum Gasteiger partial charge on any atom is 0.223 e. The number of rotatable bonds is 4. The fraction of sp³-hybridized carbons (Fsp3) is 0.529. The van der Waals surface area contributed by atoms with Gasteiger partial charge in [-0.3, -0.25) is 9.59 Å². The smallest absolute Gasteiger partial charge is 0.223 e. The number of nitrogens with zero attached hydrogens (tertiary/aromatic N) is 1. The van der Waals surface area contributed by atoms with E-state index >= 15 is 0 Å². The molecule has 2 aliphatic rings. The molecule has 3 rings (SSSR count). The Morgan fingerprint density at radius 1 is 1.13 bits per heavy atom. The Morgan fingerprint density at radius 2 is 1.91 bits per heavy atom. The first-order valence-electron chi connectivity index (χ1n) is 7.95. The molecule has 2 aliphatic heterocycles. The van der Waals surface area contributed by atoms with E-state index in [4.69, 9.17) is 14.2 Å². The topological polar surface area (TPSA) is 65.1 Å². The van der Waals surface area contributed by atoms with Gasteiger partial charge < -0.3 is 19.1 Å². The average molecular weight is 319 g/mol. The zero-order valence-electron chi connectivity index (χ0n) is 13.2. The highest BCUT2D eigenvalue weighted by Gasteiger charge is 2.24. The van der Waals surface area contributed by atoms with E-state index in [9.17, 15) is 9.59 Å². The molecule has 2 heterocycles. The van der Waals surface area contributed by atoms with Crippen molar-refractivity contribution in [2.45, 2.75) is 25.8 Å². The molecule has 0 aromatic heterocycles. The normalized spacial score (nSPS) is 20.2. The molecule has 1 amide bonds. The van der Waals surface area contributed by atoms with Crippen molar-refractivity contribution in [2.75, 3.05) is 33.0 Å². The molecule has 0 saturated carbocycles. The Bertz CT molecular complexity index is 601. The number of amides is 1. The van der Waals surface area contributed by atoms with Crippen LogP contribution in [0.25, 0.3) is 0 Å². The molecule has 124 valence electrons. The van der Waals surface area contributed by atoms with Gasteiger partial charge >= 0.3 is 0 Å². The number of hydrogen-bond acceptors (Lipinski definition) is 5. The van der Waals surface area contributed by atoms with Crippen LogP contribution in [0, 0.1) is 0 Å². The minimum absolute atomic E-state index is 0.00620. The van der Waals surface area contributed by atoms with E-state index in [1.54, 1.807) is 23.1 Å².